The highest BCUT2D eigenvalue weighted by atomic mass is 32.2. The first-order valence-electron chi connectivity index (χ1n) is 5.66. The van der Waals surface area contributed by atoms with Gasteiger partial charge in [-0.25, -0.2) is 0 Å². The number of nitrogens with zero attached hydrogens (tertiary/aromatic N) is 1. The van der Waals surface area contributed by atoms with E-state index in [-0.39, 0.29) is 6.10 Å². The van der Waals surface area contributed by atoms with Gasteiger partial charge in [-0.1, -0.05) is 13.8 Å². The van der Waals surface area contributed by atoms with Crippen LogP contribution in [-0.4, -0.2) is 47.3 Å². The second-order valence-electron chi connectivity index (χ2n) is 4.54. The highest BCUT2D eigenvalue weighted by molar-refractivity contribution is 7.99. The summed E-state index contributed by atoms with van der Waals surface area (Å²) in [5.74, 6) is 3.33. The first-order valence-corrected chi connectivity index (χ1v) is 6.82. The van der Waals surface area contributed by atoms with Crippen LogP contribution in [0, 0.1) is 5.92 Å². The van der Waals surface area contributed by atoms with Crippen molar-refractivity contribution in [2.75, 3.05) is 31.1 Å². The third kappa shape index (κ3) is 5.23. The standard InChI is InChI=1S/C11H23NOS/c1-10(2)9-14-8-7-12-5-3-11(13)4-6-12/h10-11,13H,3-9H2,1-2H3. The van der Waals surface area contributed by atoms with Crippen LogP contribution >= 0.6 is 11.8 Å². The zero-order chi connectivity index (χ0) is 10.4. The van der Waals surface area contributed by atoms with E-state index in [1.807, 2.05) is 0 Å². The molecular formula is C11H23NOS. The van der Waals surface area contributed by atoms with E-state index in [1.165, 1.54) is 18.1 Å². The minimum atomic E-state index is -0.0328. The maximum Gasteiger partial charge on any atom is 0.0564 e. The van der Waals surface area contributed by atoms with Crippen molar-refractivity contribution in [2.24, 2.45) is 5.92 Å². The lowest BCUT2D eigenvalue weighted by Gasteiger charge is -2.29. The average Bonchev–Trinajstić information content (AvgIpc) is 2.15. The third-order valence-electron chi connectivity index (χ3n) is 2.56. The van der Waals surface area contributed by atoms with Crippen molar-refractivity contribution >= 4 is 11.8 Å². The summed E-state index contributed by atoms with van der Waals surface area (Å²) < 4.78 is 0. The van der Waals surface area contributed by atoms with Crippen LogP contribution in [-0.2, 0) is 0 Å². The van der Waals surface area contributed by atoms with Crippen LogP contribution in [0.3, 0.4) is 0 Å². The molecule has 0 aromatic carbocycles. The number of likely N-dealkylation sites (tertiary alicyclic amines) is 1. The van der Waals surface area contributed by atoms with Gasteiger partial charge >= 0.3 is 0 Å². The van der Waals surface area contributed by atoms with E-state index in [1.54, 1.807) is 0 Å². The Morgan fingerprint density at radius 3 is 2.57 bits per heavy atom. The summed E-state index contributed by atoms with van der Waals surface area (Å²) in [6, 6.07) is 0. The molecule has 0 bridgehead atoms. The smallest absolute Gasteiger partial charge is 0.0564 e. The summed E-state index contributed by atoms with van der Waals surface area (Å²) in [5, 5.41) is 9.34. The van der Waals surface area contributed by atoms with Crippen LogP contribution in [0.15, 0.2) is 0 Å². The maximum atomic E-state index is 9.34. The van der Waals surface area contributed by atoms with E-state index in [4.69, 9.17) is 0 Å². The fourth-order valence-electron chi connectivity index (χ4n) is 1.66. The molecule has 84 valence electrons. The van der Waals surface area contributed by atoms with Crippen LogP contribution in [0.5, 0.6) is 0 Å². The molecule has 0 saturated carbocycles. The zero-order valence-electron chi connectivity index (χ0n) is 9.41. The lowest BCUT2D eigenvalue weighted by molar-refractivity contribution is 0.0857. The molecule has 1 aliphatic rings. The van der Waals surface area contributed by atoms with Gasteiger partial charge in [0.15, 0.2) is 0 Å². The summed E-state index contributed by atoms with van der Waals surface area (Å²) in [7, 11) is 0. The Labute approximate surface area is 92.1 Å². The van der Waals surface area contributed by atoms with E-state index in [9.17, 15) is 5.11 Å². The number of rotatable bonds is 5. The van der Waals surface area contributed by atoms with Gasteiger partial charge in [0.2, 0.25) is 0 Å². The second kappa shape index (κ2) is 6.70. The Balaban J connectivity index is 1.96. The number of thioether (sulfide) groups is 1. The molecule has 1 aliphatic heterocycles. The summed E-state index contributed by atoms with van der Waals surface area (Å²) in [4.78, 5) is 2.47. The molecule has 0 atom stereocenters. The highest BCUT2D eigenvalue weighted by Gasteiger charge is 2.15. The fraction of sp³-hybridized carbons (Fsp3) is 1.00. The van der Waals surface area contributed by atoms with Gasteiger partial charge in [0.1, 0.15) is 0 Å². The van der Waals surface area contributed by atoms with E-state index in [0.29, 0.717) is 0 Å². The van der Waals surface area contributed by atoms with Gasteiger partial charge in [-0.3, -0.25) is 0 Å². The van der Waals surface area contributed by atoms with Crippen molar-refractivity contribution in [2.45, 2.75) is 32.8 Å². The number of aliphatic hydroxyl groups is 1. The number of hydrogen-bond donors (Lipinski definition) is 1. The number of piperidine rings is 1. The minimum Gasteiger partial charge on any atom is -0.393 e. The van der Waals surface area contributed by atoms with Crippen LogP contribution in [0.4, 0.5) is 0 Å². The molecule has 0 unspecified atom stereocenters. The van der Waals surface area contributed by atoms with E-state index >= 15 is 0 Å². The number of hydrogen-bond acceptors (Lipinski definition) is 3. The lowest BCUT2D eigenvalue weighted by Crippen LogP contribution is -2.37. The first-order chi connectivity index (χ1) is 6.68. The van der Waals surface area contributed by atoms with E-state index in [2.05, 4.69) is 30.5 Å². The van der Waals surface area contributed by atoms with Crippen LogP contribution in [0.25, 0.3) is 0 Å². The van der Waals surface area contributed by atoms with Crippen LogP contribution in [0.2, 0.25) is 0 Å². The minimum absolute atomic E-state index is 0.0328. The van der Waals surface area contributed by atoms with Crippen molar-refractivity contribution in [1.29, 1.82) is 0 Å². The maximum absolute atomic E-state index is 9.34. The van der Waals surface area contributed by atoms with Gasteiger partial charge in [0.05, 0.1) is 6.10 Å². The Morgan fingerprint density at radius 1 is 1.36 bits per heavy atom. The van der Waals surface area contributed by atoms with Gasteiger partial charge in [-0.15, -0.1) is 0 Å². The topological polar surface area (TPSA) is 23.5 Å². The monoisotopic (exact) mass is 217 g/mol. The van der Waals surface area contributed by atoms with Crippen LogP contribution < -0.4 is 0 Å². The summed E-state index contributed by atoms with van der Waals surface area (Å²) >= 11 is 2.05. The molecule has 0 aromatic rings. The van der Waals surface area contributed by atoms with Crippen molar-refractivity contribution in [3.8, 4) is 0 Å². The van der Waals surface area contributed by atoms with Gasteiger partial charge < -0.3 is 10.0 Å². The second-order valence-corrected chi connectivity index (χ2v) is 5.69. The predicted octanol–water partition coefficient (Wildman–Crippen LogP) is 1.83. The molecule has 0 amide bonds. The van der Waals surface area contributed by atoms with Gasteiger partial charge in [-0.2, -0.15) is 11.8 Å². The van der Waals surface area contributed by atoms with Crippen molar-refractivity contribution in [3.05, 3.63) is 0 Å². The molecule has 3 heteroatoms. The molecule has 0 spiro atoms. The normalized spacial score (nSPS) is 20.6. The molecule has 1 saturated heterocycles. The largest absolute Gasteiger partial charge is 0.393 e. The van der Waals surface area contributed by atoms with E-state index in [0.717, 1.165) is 31.8 Å². The molecule has 2 nitrogen and oxygen atoms in total. The number of aliphatic hydroxyl groups excluding tert-OH is 1. The molecule has 1 rings (SSSR count). The molecule has 1 heterocycles. The Hall–Kier alpha value is 0.270. The molecule has 0 aromatic heterocycles. The Bertz CT molecular complexity index is 144. The lowest BCUT2D eigenvalue weighted by atomic mass is 10.1. The molecular weight excluding hydrogens is 194 g/mol. The predicted molar refractivity (Wildman–Crippen MR) is 63.8 cm³/mol. The van der Waals surface area contributed by atoms with E-state index < -0.39 is 0 Å². The zero-order valence-corrected chi connectivity index (χ0v) is 10.2. The Kier molecular flexibility index (Phi) is 5.90. The summed E-state index contributed by atoms with van der Waals surface area (Å²) in [6.07, 6.45) is 1.90. The van der Waals surface area contributed by atoms with Crippen molar-refractivity contribution < 1.29 is 5.11 Å². The molecule has 0 aliphatic carbocycles. The van der Waals surface area contributed by atoms with Crippen LogP contribution in [0.1, 0.15) is 26.7 Å². The molecule has 0 radical (unpaired) electrons. The van der Waals surface area contributed by atoms with Gasteiger partial charge in [0.25, 0.3) is 0 Å². The van der Waals surface area contributed by atoms with Gasteiger partial charge in [-0.05, 0) is 24.5 Å². The summed E-state index contributed by atoms with van der Waals surface area (Å²) in [5.41, 5.74) is 0. The first kappa shape index (κ1) is 12.3. The average molecular weight is 217 g/mol. The third-order valence-corrected chi connectivity index (χ3v) is 3.93. The fourth-order valence-corrected chi connectivity index (χ4v) is 2.68. The SMILES string of the molecule is CC(C)CSCCN1CCC(O)CC1. The quantitative estimate of drug-likeness (QED) is 0.711. The van der Waals surface area contributed by atoms with Crippen molar-refractivity contribution in [1.82, 2.24) is 4.90 Å². The van der Waals surface area contributed by atoms with Gasteiger partial charge in [0, 0.05) is 25.4 Å². The van der Waals surface area contributed by atoms with Crippen molar-refractivity contribution in [3.63, 3.8) is 0 Å². The Morgan fingerprint density at radius 2 is 2.00 bits per heavy atom. The molecule has 14 heavy (non-hydrogen) atoms. The summed E-state index contributed by atoms with van der Waals surface area (Å²) in [6.45, 7) is 7.91. The molecule has 1 fully saturated rings. The highest BCUT2D eigenvalue weighted by Crippen LogP contribution is 2.12. The molecule has 1 N–H and O–H groups in total.